The van der Waals surface area contributed by atoms with Gasteiger partial charge in [0.25, 0.3) is 5.56 Å². The maximum Gasteiger partial charge on any atom is 0.488 e. The Hall–Kier alpha value is -2.92. The monoisotopic (exact) mass is 459 g/mol. The van der Waals surface area contributed by atoms with E-state index in [-0.39, 0.29) is 23.6 Å². The van der Waals surface area contributed by atoms with E-state index in [9.17, 15) is 24.4 Å². The van der Waals surface area contributed by atoms with Crippen LogP contribution in [0, 0.1) is 0 Å². The van der Waals surface area contributed by atoms with E-state index in [0.717, 1.165) is 17.7 Å². The van der Waals surface area contributed by atoms with Crippen molar-refractivity contribution in [3.63, 3.8) is 0 Å². The molecule has 1 aromatic carbocycles. The number of rotatable bonds is 4. The third-order valence-corrected chi connectivity index (χ3v) is 4.87. The molecule has 2 aromatic rings. The number of imide groups is 1. The second-order valence-corrected chi connectivity index (χ2v) is 10.2. The van der Waals surface area contributed by atoms with E-state index in [0.29, 0.717) is 16.3 Å². The minimum atomic E-state index is -1.76. The number of carbonyl (C=O) groups is 2. The molecule has 0 spiro atoms. The Morgan fingerprint density at radius 1 is 1.09 bits per heavy atom. The lowest BCUT2D eigenvalue weighted by molar-refractivity contribution is -0.000433. The standard InChI is InChI=1S/C22H30BN3O7/c1-21(2,3)32-19(28)26(20(29)33-22(4,5)6)11-16-15-10-13(23(30)31)9-14(12-7-8-12)17(15)18(27)25-24-16/h9-10,12,30-31H,7-8,11H2,1-6H3,(H,25,27). The predicted molar refractivity (Wildman–Crippen MR) is 122 cm³/mol. The summed E-state index contributed by atoms with van der Waals surface area (Å²) in [4.78, 5) is 39.2. The SMILES string of the molecule is CC(C)(C)OC(=O)N(Cc1n[nH]c(=O)c2c(C3CC3)cc(B(O)O)cc12)C(=O)OC(C)(C)C. The minimum Gasteiger partial charge on any atom is -0.443 e. The van der Waals surface area contributed by atoms with Crippen LogP contribution in [0.15, 0.2) is 16.9 Å². The normalized spacial score (nSPS) is 14.2. The average molecular weight is 459 g/mol. The van der Waals surface area contributed by atoms with E-state index in [2.05, 4.69) is 10.2 Å². The minimum absolute atomic E-state index is 0.121. The number of benzene rings is 1. The Balaban J connectivity index is 2.11. The average Bonchev–Trinajstić information content (AvgIpc) is 3.48. The zero-order valence-corrected chi connectivity index (χ0v) is 19.8. The van der Waals surface area contributed by atoms with Gasteiger partial charge in [0.1, 0.15) is 11.2 Å². The van der Waals surface area contributed by atoms with E-state index < -0.39 is 36.1 Å². The molecule has 1 heterocycles. The zero-order valence-electron chi connectivity index (χ0n) is 19.8. The predicted octanol–water partition coefficient (Wildman–Crippen LogP) is 2.15. The van der Waals surface area contributed by atoms with Crippen LogP contribution in [-0.2, 0) is 16.0 Å². The van der Waals surface area contributed by atoms with Crippen molar-refractivity contribution in [2.75, 3.05) is 0 Å². The molecule has 1 aliphatic carbocycles. The molecular formula is C22H30BN3O7. The van der Waals surface area contributed by atoms with Gasteiger partial charge in [-0.2, -0.15) is 5.10 Å². The third-order valence-electron chi connectivity index (χ3n) is 4.87. The Morgan fingerprint density at radius 2 is 1.64 bits per heavy atom. The van der Waals surface area contributed by atoms with E-state index >= 15 is 0 Å². The lowest BCUT2D eigenvalue weighted by Crippen LogP contribution is -2.43. The molecule has 3 rings (SSSR count). The molecule has 0 bridgehead atoms. The second-order valence-electron chi connectivity index (χ2n) is 10.2. The molecule has 1 fully saturated rings. The van der Waals surface area contributed by atoms with Gasteiger partial charge in [-0.25, -0.2) is 19.6 Å². The number of nitrogens with one attached hydrogen (secondary N) is 1. The van der Waals surface area contributed by atoms with Crippen LogP contribution in [0.5, 0.6) is 0 Å². The van der Waals surface area contributed by atoms with E-state index in [4.69, 9.17) is 9.47 Å². The third kappa shape index (κ3) is 6.11. The van der Waals surface area contributed by atoms with E-state index in [1.54, 1.807) is 47.6 Å². The molecule has 1 aliphatic rings. The Morgan fingerprint density at radius 3 is 2.09 bits per heavy atom. The Bertz CT molecular complexity index is 1100. The van der Waals surface area contributed by atoms with Gasteiger partial charge in [0.05, 0.1) is 17.6 Å². The number of H-pyrrole nitrogens is 1. The molecule has 0 unspecified atom stereocenters. The van der Waals surface area contributed by atoms with E-state index in [1.165, 1.54) is 6.07 Å². The van der Waals surface area contributed by atoms with E-state index in [1.807, 2.05) is 0 Å². The quantitative estimate of drug-likeness (QED) is 0.591. The summed E-state index contributed by atoms with van der Waals surface area (Å²) in [6, 6.07) is 3.04. The van der Waals surface area contributed by atoms with Crippen molar-refractivity contribution in [2.45, 2.75) is 78.0 Å². The summed E-state index contributed by atoms with van der Waals surface area (Å²) < 4.78 is 10.8. The molecule has 178 valence electrons. The molecule has 10 nitrogen and oxygen atoms in total. The van der Waals surface area contributed by atoms with Crippen LogP contribution in [0.1, 0.15) is 71.6 Å². The Kier molecular flexibility index (Phi) is 6.59. The molecule has 0 saturated heterocycles. The van der Waals surface area contributed by atoms with Crippen molar-refractivity contribution in [2.24, 2.45) is 0 Å². The van der Waals surface area contributed by atoms with Gasteiger partial charge < -0.3 is 19.5 Å². The van der Waals surface area contributed by atoms with Gasteiger partial charge >= 0.3 is 19.3 Å². The van der Waals surface area contributed by atoms with Crippen LogP contribution in [0.3, 0.4) is 0 Å². The lowest BCUT2D eigenvalue weighted by Gasteiger charge is -2.28. The molecule has 1 saturated carbocycles. The number of hydrogen-bond donors (Lipinski definition) is 3. The maximum atomic E-state index is 12.9. The molecule has 0 atom stereocenters. The van der Waals surface area contributed by atoms with Gasteiger partial charge in [-0.1, -0.05) is 12.1 Å². The van der Waals surface area contributed by atoms with Crippen LogP contribution in [0.4, 0.5) is 9.59 Å². The molecule has 1 aromatic heterocycles. The fraction of sp³-hybridized carbons (Fsp3) is 0.545. The highest BCUT2D eigenvalue weighted by atomic mass is 16.6. The largest absolute Gasteiger partial charge is 0.488 e. The van der Waals surface area contributed by atoms with Gasteiger partial charge in [0, 0.05) is 5.39 Å². The van der Waals surface area contributed by atoms with Crippen LogP contribution < -0.4 is 11.0 Å². The summed E-state index contributed by atoms with van der Waals surface area (Å²) >= 11 is 0. The number of amides is 2. The number of fused-ring (bicyclic) bond motifs is 1. The highest BCUT2D eigenvalue weighted by Gasteiger charge is 2.34. The molecule has 0 aliphatic heterocycles. The van der Waals surface area contributed by atoms with Crippen molar-refractivity contribution in [1.29, 1.82) is 0 Å². The highest BCUT2D eigenvalue weighted by molar-refractivity contribution is 6.59. The fourth-order valence-corrected chi connectivity index (χ4v) is 3.38. The van der Waals surface area contributed by atoms with Gasteiger partial charge in [-0.15, -0.1) is 0 Å². The highest BCUT2D eigenvalue weighted by Crippen LogP contribution is 2.42. The first kappa shape index (κ1) is 24.7. The summed E-state index contributed by atoms with van der Waals surface area (Å²) in [5.41, 5.74) is -1.11. The molecule has 3 N–H and O–H groups in total. The van der Waals surface area contributed by atoms with Crippen molar-refractivity contribution in [1.82, 2.24) is 15.1 Å². The molecule has 2 amide bonds. The van der Waals surface area contributed by atoms with Crippen LogP contribution in [0.2, 0.25) is 0 Å². The number of nitrogens with zero attached hydrogens (tertiary/aromatic N) is 2. The smallest absolute Gasteiger partial charge is 0.443 e. The van der Waals surface area contributed by atoms with Crippen LogP contribution in [-0.4, -0.2) is 55.7 Å². The summed E-state index contributed by atoms with van der Waals surface area (Å²) in [6.45, 7) is 9.66. The summed E-state index contributed by atoms with van der Waals surface area (Å²) in [5, 5.41) is 26.7. The fourth-order valence-electron chi connectivity index (χ4n) is 3.38. The number of ether oxygens (including phenoxy) is 2. The topological polar surface area (TPSA) is 142 Å². The number of carbonyl (C=O) groups excluding carboxylic acids is 2. The zero-order chi connectivity index (χ0) is 24.7. The van der Waals surface area contributed by atoms with Gasteiger partial charge in [-0.05, 0) is 71.3 Å². The number of aromatic amines is 1. The van der Waals surface area contributed by atoms with Crippen molar-refractivity contribution in [3.05, 3.63) is 33.7 Å². The summed E-state index contributed by atoms with van der Waals surface area (Å²) in [6.07, 6.45) is -0.115. The Labute approximate surface area is 192 Å². The van der Waals surface area contributed by atoms with Crippen molar-refractivity contribution < 1.29 is 29.1 Å². The van der Waals surface area contributed by atoms with Crippen LogP contribution in [0.25, 0.3) is 10.8 Å². The van der Waals surface area contributed by atoms with Crippen molar-refractivity contribution >= 4 is 35.5 Å². The number of hydrogen-bond acceptors (Lipinski definition) is 8. The van der Waals surface area contributed by atoms with Gasteiger partial charge in [0.15, 0.2) is 0 Å². The lowest BCUT2D eigenvalue weighted by atomic mass is 9.77. The molecular weight excluding hydrogens is 429 g/mol. The molecule has 0 radical (unpaired) electrons. The maximum absolute atomic E-state index is 12.9. The second kappa shape index (κ2) is 8.79. The molecule has 11 heteroatoms. The summed E-state index contributed by atoms with van der Waals surface area (Å²) in [5.74, 6) is 0.121. The number of aromatic nitrogens is 2. The summed E-state index contributed by atoms with van der Waals surface area (Å²) in [7, 11) is -1.76. The first-order valence-corrected chi connectivity index (χ1v) is 10.8. The van der Waals surface area contributed by atoms with Gasteiger partial charge in [0.2, 0.25) is 0 Å². The van der Waals surface area contributed by atoms with Crippen LogP contribution >= 0.6 is 0 Å². The van der Waals surface area contributed by atoms with Gasteiger partial charge in [-0.3, -0.25) is 4.79 Å². The molecule has 33 heavy (non-hydrogen) atoms. The first-order chi connectivity index (χ1) is 15.2. The van der Waals surface area contributed by atoms with Crippen molar-refractivity contribution in [3.8, 4) is 0 Å². The first-order valence-electron chi connectivity index (χ1n) is 10.8.